The van der Waals surface area contributed by atoms with Crippen LogP contribution in [0.1, 0.15) is 40.5 Å². The highest BCUT2D eigenvalue weighted by atomic mass is 16.4. The third-order valence-electron chi connectivity index (χ3n) is 3.47. The fraction of sp³-hybridized carbons (Fsp3) is 0.727. The first-order chi connectivity index (χ1) is 5.87. The summed E-state index contributed by atoms with van der Waals surface area (Å²) in [5.41, 5.74) is 1.51. The van der Waals surface area contributed by atoms with E-state index in [1.807, 2.05) is 20.8 Å². The molecule has 1 unspecified atom stereocenters. The monoisotopic (exact) mass is 182 g/mol. The lowest BCUT2D eigenvalue weighted by molar-refractivity contribution is -0.134. The predicted molar refractivity (Wildman–Crippen MR) is 52.5 cm³/mol. The summed E-state index contributed by atoms with van der Waals surface area (Å²) in [6, 6.07) is 0. The number of hydrogen-bond acceptors (Lipinski definition) is 1. The third kappa shape index (κ3) is 1.62. The van der Waals surface area contributed by atoms with Crippen molar-refractivity contribution in [1.29, 1.82) is 0 Å². The van der Waals surface area contributed by atoms with E-state index in [2.05, 4.69) is 6.92 Å². The molecule has 74 valence electrons. The first kappa shape index (κ1) is 10.3. The zero-order valence-electron chi connectivity index (χ0n) is 8.85. The number of carbonyl (C=O) groups is 1. The summed E-state index contributed by atoms with van der Waals surface area (Å²) in [5, 5.41) is 9.10. The van der Waals surface area contributed by atoms with E-state index in [4.69, 9.17) is 5.11 Å². The zero-order valence-corrected chi connectivity index (χ0v) is 8.85. The highest BCUT2D eigenvalue weighted by Crippen LogP contribution is 2.44. The van der Waals surface area contributed by atoms with Gasteiger partial charge in [0.1, 0.15) is 0 Å². The van der Waals surface area contributed by atoms with Crippen LogP contribution in [0, 0.1) is 11.3 Å². The highest BCUT2D eigenvalue weighted by Gasteiger charge is 2.38. The fourth-order valence-corrected chi connectivity index (χ4v) is 2.17. The average Bonchev–Trinajstić information content (AvgIpc) is 1.96. The molecule has 2 heteroatoms. The van der Waals surface area contributed by atoms with Crippen molar-refractivity contribution in [2.75, 3.05) is 0 Å². The minimum Gasteiger partial charge on any atom is -0.478 e. The van der Waals surface area contributed by atoms with Crippen molar-refractivity contribution in [3.05, 3.63) is 11.1 Å². The van der Waals surface area contributed by atoms with Crippen molar-refractivity contribution in [2.24, 2.45) is 11.3 Å². The van der Waals surface area contributed by atoms with E-state index >= 15 is 0 Å². The molecule has 0 aromatic heterocycles. The van der Waals surface area contributed by atoms with Gasteiger partial charge >= 0.3 is 5.97 Å². The standard InChI is InChI=1S/C11H18O2/c1-7-5-6-8(2)11(3,4)9(7)10(12)13/h8H,5-6H2,1-4H3,(H,12,13). The largest absolute Gasteiger partial charge is 0.478 e. The fourth-order valence-electron chi connectivity index (χ4n) is 2.17. The van der Waals surface area contributed by atoms with E-state index in [0.717, 1.165) is 18.4 Å². The van der Waals surface area contributed by atoms with Gasteiger partial charge in [0.25, 0.3) is 0 Å². The molecule has 1 aliphatic carbocycles. The zero-order chi connectivity index (χ0) is 10.2. The summed E-state index contributed by atoms with van der Waals surface area (Å²) in [4.78, 5) is 11.1. The quantitative estimate of drug-likeness (QED) is 0.677. The van der Waals surface area contributed by atoms with Gasteiger partial charge in [0.2, 0.25) is 0 Å². The normalized spacial score (nSPS) is 27.5. The molecule has 0 aromatic carbocycles. The van der Waals surface area contributed by atoms with Crippen molar-refractivity contribution in [1.82, 2.24) is 0 Å². The second-order valence-electron chi connectivity index (χ2n) is 4.62. The first-order valence-corrected chi connectivity index (χ1v) is 4.81. The Bertz CT molecular complexity index is 261. The number of aliphatic carboxylic acids is 1. The van der Waals surface area contributed by atoms with Crippen LogP contribution in [0.15, 0.2) is 11.1 Å². The van der Waals surface area contributed by atoms with Gasteiger partial charge in [-0.25, -0.2) is 4.79 Å². The first-order valence-electron chi connectivity index (χ1n) is 4.81. The lowest BCUT2D eigenvalue weighted by Gasteiger charge is -2.37. The van der Waals surface area contributed by atoms with Crippen LogP contribution >= 0.6 is 0 Å². The van der Waals surface area contributed by atoms with Crippen LogP contribution in [0.4, 0.5) is 0 Å². The lowest BCUT2D eigenvalue weighted by atomic mass is 9.66. The molecule has 1 rings (SSSR count). The lowest BCUT2D eigenvalue weighted by Crippen LogP contribution is -2.32. The molecule has 0 bridgehead atoms. The van der Waals surface area contributed by atoms with Crippen LogP contribution in [-0.4, -0.2) is 11.1 Å². The van der Waals surface area contributed by atoms with Crippen molar-refractivity contribution >= 4 is 5.97 Å². The number of rotatable bonds is 1. The maximum absolute atomic E-state index is 11.1. The van der Waals surface area contributed by atoms with Gasteiger partial charge in [-0.3, -0.25) is 0 Å². The van der Waals surface area contributed by atoms with E-state index in [9.17, 15) is 4.79 Å². The Hall–Kier alpha value is -0.790. The molecule has 13 heavy (non-hydrogen) atoms. The van der Waals surface area contributed by atoms with Gasteiger partial charge < -0.3 is 5.11 Å². The van der Waals surface area contributed by atoms with Crippen molar-refractivity contribution in [2.45, 2.75) is 40.5 Å². The SMILES string of the molecule is CC1=C(C(=O)O)C(C)(C)C(C)CC1. The van der Waals surface area contributed by atoms with Gasteiger partial charge in [-0.15, -0.1) is 0 Å². The molecule has 0 saturated heterocycles. The topological polar surface area (TPSA) is 37.3 Å². The van der Waals surface area contributed by atoms with Crippen LogP contribution < -0.4 is 0 Å². The number of carboxylic acid groups (broad SMARTS) is 1. The molecule has 0 heterocycles. The van der Waals surface area contributed by atoms with Crippen LogP contribution in [0.25, 0.3) is 0 Å². The van der Waals surface area contributed by atoms with Crippen LogP contribution in [0.3, 0.4) is 0 Å². The number of carboxylic acids is 1. The molecule has 0 aliphatic heterocycles. The van der Waals surface area contributed by atoms with Crippen LogP contribution in [0.2, 0.25) is 0 Å². The van der Waals surface area contributed by atoms with Gasteiger partial charge in [-0.1, -0.05) is 26.3 Å². The van der Waals surface area contributed by atoms with Gasteiger partial charge in [0.05, 0.1) is 0 Å². The van der Waals surface area contributed by atoms with Crippen molar-refractivity contribution in [3.8, 4) is 0 Å². The summed E-state index contributed by atoms with van der Waals surface area (Å²) in [6.45, 7) is 8.14. The molecule has 2 nitrogen and oxygen atoms in total. The van der Waals surface area contributed by atoms with Crippen LogP contribution in [0.5, 0.6) is 0 Å². The average molecular weight is 182 g/mol. The second kappa shape index (κ2) is 3.17. The van der Waals surface area contributed by atoms with Gasteiger partial charge in [0, 0.05) is 5.57 Å². The summed E-state index contributed by atoms with van der Waals surface area (Å²) in [6.07, 6.45) is 2.04. The molecule has 0 radical (unpaired) electrons. The Morgan fingerprint density at radius 1 is 1.54 bits per heavy atom. The minimum absolute atomic E-state index is 0.172. The molecule has 0 saturated carbocycles. The van der Waals surface area contributed by atoms with Crippen molar-refractivity contribution < 1.29 is 9.90 Å². The number of hydrogen-bond donors (Lipinski definition) is 1. The van der Waals surface area contributed by atoms with E-state index in [1.165, 1.54) is 0 Å². The summed E-state index contributed by atoms with van der Waals surface area (Å²) >= 11 is 0. The highest BCUT2D eigenvalue weighted by molar-refractivity contribution is 5.89. The Balaban J connectivity index is 3.16. The second-order valence-corrected chi connectivity index (χ2v) is 4.62. The number of allylic oxidation sites excluding steroid dienone is 1. The van der Waals surface area contributed by atoms with E-state index in [0.29, 0.717) is 11.5 Å². The van der Waals surface area contributed by atoms with Gasteiger partial charge in [-0.05, 0) is 31.1 Å². The molecule has 0 spiro atoms. The third-order valence-corrected chi connectivity index (χ3v) is 3.47. The Labute approximate surface area is 79.6 Å². The summed E-state index contributed by atoms with van der Waals surface area (Å²) in [5.74, 6) is -0.281. The van der Waals surface area contributed by atoms with Gasteiger partial charge in [-0.2, -0.15) is 0 Å². The Kier molecular flexibility index (Phi) is 2.51. The van der Waals surface area contributed by atoms with E-state index in [1.54, 1.807) is 0 Å². The summed E-state index contributed by atoms with van der Waals surface area (Å²) < 4.78 is 0. The molecule has 0 fully saturated rings. The van der Waals surface area contributed by atoms with E-state index < -0.39 is 5.97 Å². The summed E-state index contributed by atoms with van der Waals surface area (Å²) in [7, 11) is 0. The Morgan fingerprint density at radius 3 is 2.46 bits per heavy atom. The Morgan fingerprint density at radius 2 is 2.08 bits per heavy atom. The smallest absolute Gasteiger partial charge is 0.332 e. The molecule has 1 N–H and O–H groups in total. The molecule has 1 atom stereocenters. The predicted octanol–water partition coefficient (Wildman–Crippen LogP) is 2.84. The maximum Gasteiger partial charge on any atom is 0.332 e. The molecule has 0 amide bonds. The van der Waals surface area contributed by atoms with E-state index in [-0.39, 0.29) is 5.41 Å². The molecular weight excluding hydrogens is 164 g/mol. The van der Waals surface area contributed by atoms with Crippen LogP contribution in [-0.2, 0) is 4.79 Å². The molecular formula is C11H18O2. The van der Waals surface area contributed by atoms with Gasteiger partial charge in [0.15, 0.2) is 0 Å². The minimum atomic E-state index is -0.742. The maximum atomic E-state index is 11.1. The molecule has 0 aromatic rings. The molecule has 1 aliphatic rings. The van der Waals surface area contributed by atoms with Crippen molar-refractivity contribution in [3.63, 3.8) is 0 Å².